The van der Waals surface area contributed by atoms with Gasteiger partial charge in [-0.1, -0.05) is 35.9 Å². The van der Waals surface area contributed by atoms with E-state index in [-0.39, 0.29) is 5.56 Å². The Morgan fingerprint density at radius 2 is 1.69 bits per heavy atom. The van der Waals surface area contributed by atoms with Crippen LogP contribution in [-0.2, 0) is 10.0 Å². The molecule has 6 nitrogen and oxygen atoms in total. The Kier molecular flexibility index (Phi) is 5.43. The zero-order valence-electron chi connectivity index (χ0n) is 16.0. The van der Waals surface area contributed by atoms with Gasteiger partial charge in [-0.15, -0.1) is 0 Å². The predicted molar refractivity (Wildman–Crippen MR) is 114 cm³/mol. The van der Waals surface area contributed by atoms with Crippen LogP contribution in [-0.4, -0.2) is 29.4 Å². The summed E-state index contributed by atoms with van der Waals surface area (Å²) in [4.78, 5) is 16.4. The molecule has 0 aliphatic rings. The van der Waals surface area contributed by atoms with E-state index in [1.165, 1.54) is 24.5 Å². The monoisotopic (exact) mass is 479 g/mol. The second kappa shape index (κ2) is 7.95. The zero-order valence-corrected chi connectivity index (χ0v) is 17.5. The molecule has 3 aromatic carbocycles. The molecule has 0 bridgehead atoms. The first kappa shape index (κ1) is 21.8. The number of benzene rings is 3. The fourth-order valence-electron chi connectivity index (χ4n) is 3.07. The number of nitrogens with one attached hydrogen (secondary N) is 1. The summed E-state index contributed by atoms with van der Waals surface area (Å²) in [6.45, 7) is 0. The number of alkyl halides is 3. The molecule has 4 aromatic rings. The Hall–Kier alpha value is -3.37. The molecular formula is C21H13ClF3N3O3S. The van der Waals surface area contributed by atoms with E-state index in [4.69, 9.17) is 11.6 Å². The third-order valence-electron chi connectivity index (χ3n) is 4.64. The number of halogens is 4. The Morgan fingerprint density at radius 1 is 0.969 bits per heavy atom. The normalized spacial score (nSPS) is 12.1. The molecule has 0 radical (unpaired) electrons. The van der Waals surface area contributed by atoms with E-state index in [1.54, 1.807) is 22.8 Å². The maximum atomic E-state index is 12.6. The van der Waals surface area contributed by atoms with E-state index in [9.17, 15) is 26.4 Å². The van der Waals surface area contributed by atoms with Crippen LogP contribution in [0.3, 0.4) is 0 Å². The summed E-state index contributed by atoms with van der Waals surface area (Å²) in [7, 11) is -5.82. The van der Waals surface area contributed by atoms with Crippen LogP contribution in [0.1, 0.15) is 10.4 Å². The lowest BCUT2D eigenvalue weighted by molar-refractivity contribution is -0.0446. The highest BCUT2D eigenvalue weighted by atomic mass is 35.5. The summed E-state index contributed by atoms with van der Waals surface area (Å²) in [5, 5.41) is 0.601. The van der Waals surface area contributed by atoms with Gasteiger partial charge in [-0.05, 0) is 53.6 Å². The van der Waals surface area contributed by atoms with Crippen molar-refractivity contribution in [2.24, 2.45) is 0 Å². The van der Waals surface area contributed by atoms with E-state index in [1.807, 2.05) is 30.3 Å². The molecule has 1 amide bonds. The maximum absolute atomic E-state index is 12.6. The van der Waals surface area contributed by atoms with E-state index in [0.29, 0.717) is 21.7 Å². The molecule has 0 atom stereocenters. The number of rotatable bonds is 4. The van der Waals surface area contributed by atoms with Crippen molar-refractivity contribution in [2.45, 2.75) is 5.51 Å². The van der Waals surface area contributed by atoms with Crippen LogP contribution < -0.4 is 4.72 Å². The Morgan fingerprint density at radius 3 is 2.38 bits per heavy atom. The Bertz CT molecular complexity index is 1430. The number of nitrogens with zero attached hydrogens (tertiary/aromatic N) is 2. The van der Waals surface area contributed by atoms with E-state index >= 15 is 0 Å². The lowest BCUT2D eigenvalue weighted by Crippen LogP contribution is -2.40. The van der Waals surface area contributed by atoms with Crippen LogP contribution in [0.4, 0.5) is 13.2 Å². The number of carbonyl (C=O) groups excluding carboxylic acids is 1. The number of aromatic nitrogens is 2. The minimum atomic E-state index is -5.82. The second-order valence-electron chi connectivity index (χ2n) is 6.76. The van der Waals surface area contributed by atoms with Gasteiger partial charge in [0.15, 0.2) is 0 Å². The van der Waals surface area contributed by atoms with E-state index < -0.39 is 21.4 Å². The minimum absolute atomic E-state index is 0.263. The molecule has 0 aliphatic heterocycles. The van der Waals surface area contributed by atoms with Crippen LogP contribution in [0.2, 0.25) is 5.02 Å². The fraction of sp³-hybridized carbons (Fsp3) is 0.0476. The molecule has 1 aromatic heterocycles. The van der Waals surface area contributed by atoms with Crippen LogP contribution in [0.25, 0.3) is 27.8 Å². The number of fused-ring (bicyclic) bond motifs is 1. The number of imidazole rings is 1. The van der Waals surface area contributed by atoms with Crippen molar-refractivity contribution in [2.75, 3.05) is 0 Å². The van der Waals surface area contributed by atoms with Gasteiger partial charge in [-0.3, -0.25) is 9.36 Å². The van der Waals surface area contributed by atoms with Crippen molar-refractivity contribution in [1.29, 1.82) is 0 Å². The molecule has 164 valence electrons. The lowest BCUT2D eigenvalue weighted by Gasteiger charge is -2.10. The van der Waals surface area contributed by atoms with Crippen molar-refractivity contribution >= 4 is 38.6 Å². The van der Waals surface area contributed by atoms with Gasteiger partial charge >= 0.3 is 15.5 Å². The molecule has 1 N–H and O–H groups in total. The van der Waals surface area contributed by atoms with Crippen molar-refractivity contribution in [1.82, 2.24) is 14.3 Å². The SMILES string of the molecule is O=C(NS(=O)(=O)C(F)(F)F)c1ccc2ncn(-c3cccc(-c4ccc(Cl)cc4)c3)c2c1. The molecule has 0 aliphatic carbocycles. The van der Waals surface area contributed by atoms with Gasteiger partial charge in [-0.2, -0.15) is 21.6 Å². The van der Waals surface area contributed by atoms with Crippen molar-refractivity contribution in [3.63, 3.8) is 0 Å². The standard InChI is InChI=1S/C21H13ClF3N3O3S/c22-16-7-4-13(5-8-16)14-2-1-3-17(10-14)28-12-26-18-9-6-15(11-19(18)28)20(29)27-32(30,31)21(23,24)25/h1-12H,(H,27,29). The number of sulfonamides is 1. The number of hydrogen-bond acceptors (Lipinski definition) is 4. The number of carbonyl (C=O) groups is 1. The molecule has 32 heavy (non-hydrogen) atoms. The first-order chi connectivity index (χ1) is 15.0. The van der Waals surface area contributed by atoms with Crippen LogP contribution >= 0.6 is 11.6 Å². The summed E-state index contributed by atoms with van der Waals surface area (Å²) in [5.41, 5.74) is -2.51. The first-order valence-corrected chi connectivity index (χ1v) is 10.9. The van der Waals surface area contributed by atoms with Crippen LogP contribution in [0.5, 0.6) is 0 Å². The van der Waals surface area contributed by atoms with Crippen molar-refractivity contribution in [3.8, 4) is 16.8 Å². The molecule has 0 fully saturated rings. The topological polar surface area (TPSA) is 81.1 Å². The molecule has 0 saturated carbocycles. The highest BCUT2D eigenvalue weighted by Crippen LogP contribution is 2.27. The predicted octanol–water partition coefficient (Wildman–Crippen LogP) is 4.93. The molecule has 4 rings (SSSR count). The van der Waals surface area contributed by atoms with Crippen LogP contribution in [0, 0.1) is 0 Å². The van der Waals surface area contributed by atoms with Gasteiger partial charge in [0.25, 0.3) is 5.91 Å². The summed E-state index contributed by atoms with van der Waals surface area (Å²) >= 11 is 5.94. The third-order valence-corrected chi connectivity index (χ3v) is 5.96. The van der Waals surface area contributed by atoms with Gasteiger partial charge in [0.1, 0.15) is 6.33 Å². The second-order valence-corrected chi connectivity index (χ2v) is 8.87. The van der Waals surface area contributed by atoms with Gasteiger partial charge in [0, 0.05) is 16.3 Å². The summed E-state index contributed by atoms with van der Waals surface area (Å²) in [5.74, 6) is -1.40. The summed E-state index contributed by atoms with van der Waals surface area (Å²) in [6.07, 6.45) is 1.50. The van der Waals surface area contributed by atoms with Gasteiger partial charge < -0.3 is 0 Å². The lowest BCUT2D eigenvalue weighted by atomic mass is 10.1. The van der Waals surface area contributed by atoms with Crippen molar-refractivity contribution in [3.05, 3.63) is 83.6 Å². The molecule has 0 spiro atoms. The van der Waals surface area contributed by atoms with Gasteiger partial charge in [-0.25, -0.2) is 9.71 Å². The zero-order chi connectivity index (χ0) is 23.1. The molecule has 1 heterocycles. The largest absolute Gasteiger partial charge is 0.516 e. The quantitative estimate of drug-likeness (QED) is 0.450. The molecule has 11 heteroatoms. The highest BCUT2D eigenvalue weighted by Gasteiger charge is 2.47. The highest BCUT2D eigenvalue weighted by molar-refractivity contribution is 7.90. The number of hydrogen-bond donors (Lipinski definition) is 1. The smallest absolute Gasteiger partial charge is 0.299 e. The first-order valence-electron chi connectivity index (χ1n) is 9.02. The maximum Gasteiger partial charge on any atom is 0.516 e. The molecule has 0 saturated heterocycles. The summed E-state index contributed by atoms with van der Waals surface area (Å²) < 4.78 is 62.9. The molecule has 0 unspecified atom stereocenters. The average Bonchev–Trinajstić information content (AvgIpc) is 3.16. The fourth-order valence-corrected chi connectivity index (χ4v) is 3.67. The van der Waals surface area contributed by atoms with Gasteiger partial charge in [0.2, 0.25) is 0 Å². The van der Waals surface area contributed by atoms with Gasteiger partial charge in [0.05, 0.1) is 11.0 Å². The Labute approximate surface area is 185 Å². The summed E-state index contributed by atoms with van der Waals surface area (Å²) in [6, 6.07) is 18.5. The van der Waals surface area contributed by atoms with E-state index in [0.717, 1.165) is 15.8 Å². The van der Waals surface area contributed by atoms with E-state index in [2.05, 4.69) is 4.98 Å². The number of amides is 1. The Balaban J connectivity index is 1.72. The molecular weight excluding hydrogens is 467 g/mol. The minimum Gasteiger partial charge on any atom is -0.299 e. The van der Waals surface area contributed by atoms with Crippen molar-refractivity contribution < 1.29 is 26.4 Å². The average molecular weight is 480 g/mol. The van der Waals surface area contributed by atoms with Crippen LogP contribution in [0.15, 0.2) is 73.1 Å². The third kappa shape index (κ3) is 4.19.